The lowest BCUT2D eigenvalue weighted by molar-refractivity contribution is 0.0768. The molecule has 6 heteroatoms. The number of carbonyl (C=O) groups excluding carboxylic acids is 1. The van der Waals surface area contributed by atoms with Gasteiger partial charge < -0.3 is 15.1 Å². The van der Waals surface area contributed by atoms with Crippen molar-refractivity contribution in [3.63, 3.8) is 0 Å². The number of hydrogen-bond donors (Lipinski definition) is 1. The van der Waals surface area contributed by atoms with E-state index in [0.717, 1.165) is 72.9 Å². The number of hydrogen-bond acceptors (Lipinski definition) is 4. The summed E-state index contributed by atoms with van der Waals surface area (Å²) in [7, 11) is 0. The van der Waals surface area contributed by atoms with Crippen LogP contribution in [0.4, 0.5) is 5.69 Å². The largest absolute Gasteiger partial charge is 0.385 e. The van der Waals surface area contributed by atoms with E-state index in [4.69, 9.17) is 11.6 Å². The zero-order chi connectivity index (χ0) is 22.1. The Kier molecular flexibility index (Phi) is 6.03. The monoisotopic (exact) mass is 448 g/mol. The minimum Gasteiger partial charge on any atom is -0.385 e. The summed E-state index contributed by atoms with van der Waals surface area (Å²) in [4.78, 5) is 22.2. The summed E-state index contributed by atoms with van der Waals surface area (Å²) in [6.07, 6.45) is 1.09. The Morgan fingerprint density at radius 1 is 1.06 bits per heavy atom. The number of anilines is 1. The maximum atomic E-state index is 13.0. The lowest BCUT2D eigenvalue weighted by Gasteiger charge is -2.21. The number of nitrogens with zero attached hydrogens (tertiary/aromatic N) is 3. The van der Waals surface area contributed by atoms with Crippen molar-refractivity contribution in [1.82, 2.24) is 14.8 Å². The van der Waals surface area contributed by atoms with Crippen molar-refractivity contribution in [2.24, 2.45) is 11.8 Å². The Morgan fingerprint density at radius 3 is 2.62 bits per heavy atom. The second kappa shape index (κ2) is 9.08. The summed E-state index contributed by atoms with van der Waals surface area (Å²) >= 11 is 6.20. The zero-order valence-corrected chi connectivity index (χ0v) is 19.2. The van der Waals surface area contributed by atoms with Crippen LogP contribution in [0.2, 0.25) is 5.02 Å². The second-order valence-corrected chi connectivity index (χ2v) is 9.53. The topological polar surface area (TPSA) is 48.5 Å². The van der Waals surface area contributed by atoms with Gasteiger partial charge in [0.1, 0.15) is 5.69 Å². The Morgan fingerprint density at radius 2 is 1.84 bits per heavy atom. The molecular formula is C26H29ClN4O. The van der Waals surface area contributed by atoms with Crippen molar-refractivity contribution < 1.29 is 4.79 Å². The summed E-state index contributed by atoms with van der Waals surface area (Å²) in [5, 5.41) is 5.34. The fraction of sp³-hybridized carbons (Fsp3) is 0.385. The fourth-order valence-electron chi connectivity index (χ4n) is 5.02. The van der Waals surface area contributed by atoms with Crippen LogP contribution < -0.4 is 5.32 Å². The van der Waals surface area contributed by atoms with Gasteiger partial charge in [0.15, 0.2) is 0 Å². The molecular weight excluding hydrogens is 420 g/mol. The number of para-hydroxylation sites is 1. The predicted molar refractivity (Wildman–Crippen MR) is 130 cm³/mol. The molecule has 2 fully saturated rings. The molecule has 2 aromatic carbocycles. The summed E-state index contributed by atoms with van der Waals surface area (Å²) in [5.74, 6) is 1.21. The minimum absolute atomic E-state index is 0.0673. The third-order valence-electron chi connectivity index (χ3n) is 6.82. The molecule has 2 saturated heterocycles. The lowest BCUT2D eigenvalue weighted by Crippen LogP contribution is -2.34. The van der Waals surface area contributed by atoms with Crippen molar-refractivity contribution in [2.75, 3.05) is 44.6 Å². The molecule has 2 aliphatic heterocycles. The van der Waals surface area contributed by atoms with Crippen molar-refractivity contribution in [1.29, 1.82) is 0 Å². The lowest BCUT2D eigenvalue weighted by atomic mass is 10.0. The van der Waals surface area contributed by atoms with Crippen LogP contribution in [0.5, 0.6) is 0 Å². The molecule has 1 N–H and O–H groups in total. The third-order valence-corrected chi connectivity index (χ3v) is 7.23. The van der Waals surface area contributed by atoms with Gasteiger partial charge in [-0.05, 0) is 61.6 Å². The molecule has 0 bridgehead atoms. The molecule has 166 valence electrons. The van der Waals surface area contributed by atoms with Gasteiger partial charge in [0.25, 0.3) is 5.91 Å². The van der Waals surface area contributed by atoms with Crippen LogP contribution in [0.3, 0.4) is 0 Å². The molecule has 0 spiro atoms. The first kappa shape index (κ1) is 21.2. The summed E-state index contributed by atoms with van der Waals surface area (Å²) in [5.41, 5.74) is 3.62. The highest BCUT2D eigenvalue weighted by Gasteiger charge is 2.41. The Balaban J connectivity index is 1.09. The first-order valence-electron chi connectivity index (χ1n) is 11.4. The maximum absolute atomic E-state index is 13.0. The van der Waals surface area contributed by atoms with Gasteiger partial charge in [-0.3, -0.25) is 4.79 Å². The number of aryl methyl sites for hydroxylation is 1. The number of benzene rings is 2. The molecule has 2 unspecified atom stereocenters. The van der Waals surface area contributed by atoms with E-state index in [1.54, 1.807) is 0 Å². The number of carbonyl (C=O) groups is 1. The molecule has 3 aromatic rings. The van der Waals surface area contributed by atoms with E-state index < -0.39 is 0 Å². The van der Waals surface area contributed by atoms with Crippen LogP contribution in [0.1, 0.15) is 22.5 Å². The number of aromatic nitrogens is 1. The second-order valence-electron chi connectivity index (χ2n) is 9.12. The van der Waals surface area contributed by atoms with Gasteiger partial charge in [0.05, 0.1) is 5.52 Å². The van der Waals surface area contributed by atoms with Gasteiger partial charge in [-0.1, -0.05) is 41.9 Å². The molecule has 5 rings (SSSR count). The summed E-state index contributed by atoms with van der Waals surface area (Å²) in [6, 6.07) is 17.9. The molecule has 0 radical (unpaired) electrons. The number of halogens is 1. The zero-order valence-electron chi connectivity index (χ0n) is 18.4. The fourth-order valence-corrected chi connectivity index (χ4v) is 5.20. The van der Waals surface area contributed by atoms with Gasteiger partial charge >= 0.3 is 0 Å². The van der Waals surface area contributed by atoms with Crippen LogP contribution in [-0.4, -0.2) is 60.0 Å². The Bertz CT molecular complexity index is 1120. The third kappa shape index (κ3) is 4.45. The number of rotatable bonds is 6. The van der Waals surface area contributed by atoms with Crippen molar-refractivity contribution in [3.05, 3.63) is 70.9 Å². The number of amides is 1. The SMILES string of the molecule is Cc1ccc(NCCCN2CC3CN(C(=O)c4ccc5ccccc5n4)CC3C2)cc1Cl. The average Bonchev–Trinajstić information content (AvgIpc) is 3.37. The van der Waals surface area contributed by atoms with Crippen LogP contribution >= 0.6 is 11.6 Å². The smallest absolute Gasteiger partial charge is 0.272 e. The van der Waals surface area contributed by atoms with Gasteiger partial charge in [0.2, 0.25) is 0 Å². The van der Waals surface area contributed by atoms with E-state index in [-0.39, 0.29) is 5.91 Å². The Hall–Kier alpha value is -2.63. The van der Waals surface area contributed by atoms with Gasteiger partial charge in [-0.2, -0.15) is 0 Å². The molecule has 2 aliphatic rings. The van der Waals surface area contributed by atoms with Gasteiger partial charge in [0, 0.05) is 48.8 Å². The normalized spacial score (nSPS) is 20.6. The number of fused-ring (bicyclic) bond motifs is 2. The predicted octanol–water partition coefficient (Wildman–Crippen LogP) is 4.70. The molecule has 32 heavy (non-hydrogen) atoms. The Labute approximate surface area is 194 Å². The van der Waals surface area contributed by atoms with E-state index >= 15 is 0 Å². The molecule has 3 heterocycles. The van der Waals surface area contributed by atoms with Crippen LogP contribution in [-0.2, 0) is 0 Å². The van der Waals surface area contributed by atoms with E-state index in [1.165, 1.54) is 0 Å². The van der Waals surface area contributed by atoms with E-state index in [2.05, 4.69) is 21.3 Å². The molecule has 1 aromatic heterocycles. The quantitative estimate of drug-likeness (QED) is 0.555. The maximum Gasteiger partial charge on any atom is 0.272 e. The van der Waals surface area contributed by atoms with Crippen molar-refractivity contribution >= 4 is 34.1 Å². The summed E-state index contributed by atoms with van der Waals surface area (Å²) in [6.45, 7) is 7.88. The minimum atomic E-state index is 0.0673. The molecule has 0 aliphatic carbocycles. The number of nitrogens with one attached hydrogen (secondary N) is 1. The molecule has 1 amide bonds. The highest BCUT2D eigenvalue weighted by molar-refractivity contribution is 6.31. The molecule has 2 atom stereocenters. The van der Waals surface area contributed by atoms with E-state index in [1.807, 2.05) is 60.4 Å². The van der Waals surface area contributed by atoms with Crippen LogP contribution in [0.15, 0.2) is 54.6 Å². The van der Waals surface area contributed by atoms with Gasteiger partial charge in [-0.15, -0.1) is 0 Å². The number of pyridine rings is 1. The highest BCUT2D eigenvalue weighted by Crippen LogP contribution is 2.32. The summed E-state index contributed by atoms with van der Waals surface area (Å²) < 4.78 is 0. The van der Waals surface area contributed by atoms with E-state index in [0.29, 0.717) is 17.5 Å². The van der Waals surface area contributed by atoms with Crippen LogP contribution in [0, 0.1) is 18.8 Å². The van der Waals surface area contributed by atoms with Crippen molar-refractivity contribution in [2.45, 2.75) is 13.3 Å². The molecule has 5 nitrogen and oxygen atoms in total. The standard InChI is InChI=1S/C26H29ClN4O/c1-18-7-9-22(13-23(18)27)28-11-4-12-30-14-20-16-31(17-21(20)15-30)26(32)25-10-8-19-5-2-3-6-24(19)29-25/h2-3,5-10,13,20-21,28H,4,11-12,14-17H2,1H3. The van der Waals surface area contributed by atoms with E-state index in [9.17, 15) is 4.79 Å². The molecule has 0 saturated carbocycles. The number of likely N-dealkylation sites (tertiary alicyclic amines) is 2. The van der Waals surface area contributed by atoms with Crippen molar-refractivity contribution in [3.8, 4) is 0 Å². The first-order chi connectivity index (χ1) is 15.6. The van der Waals surface area contributed by atoms with Gasteiger partial charge in [-0.25, -0.2) is 4.98 Å². The average molecular weight is 449 g/mol. The first-order valence-corrected chi connectivity index (χ1v) is 11.8. The van der Waals surface area contributed by atoms with Crippen LogP contribution in [0.25, 0.3) is 10.9 Å². The highest BCUT2D eigenvalue weighted by atomic mass is 35.5.